The standard InChI is InChI=1S/C18H24N2O5/c21-16(19-11-14-3-2-10-25-14)15-4-1-9-20(15)17(22)12-5-7-13(8-6-12)18(23)24/h2-3,10,12-13,15H,1,4-9,11H2,(H,19,21)(H,23,24). The number of carboxylic acid groups (broad SMARTS) is 1. The van der Waals surface area contributed by atoms with E-state index in [1.807, 2.05) is 0 Å². The summed E-state index contributed by atoms with van der Waals surface area (Å²) in [4.78, 5) is 38.0. The van der Waals surface area contributed by atoms with Crippen LogP contribution in [0.2, 0.25) is 0 Å². The molecule has 1 aliphatic carbocycles. The van der Waals surface area contributed by atoms with Crippen molar-refractivity contribution in [3.05, 3.63) is 24.2 Å². The zero-order valence-electron chi connectivity index (χ0n) is 14.1. The van der Waals surface area contributed by atoms with Gasteiger partial charge in [-0.3, -0.25) is 14.4 Å². The maximum atomic E-state index is 12.8. The van der Waals surface area contributed by atoms with E-state index < -0.39 is 12.0 Å². The van der Waals surface area contributed by atoms with Gasteiger partial charge in [0.2, 0.25) is 11.8 Å². The van der Waals surface area contributed by atoms with Gasteiger partial charge in [-0.2, -0.15) is 0 Å². The Kier molecular flexibility index (Phi) is 5.40. The Labute approximate surface area is 146 Å². The molecule has 136 valence electrons. The predicted molar refractivity (Wildman–Crippen MR) is 88.4 cm³/mol. The normalized spacial score (nSPS) is 26.4. The lowest BCUT2D eigenvalue weighted by atomic mass is 9.81. The van der Waals surface area contributed by atoms with Crippen LogP contribution in [0, 0.1) is 11.8 Å². The molecule has 1 saturated heterocycles. The van der Waals surface area contributed by atoms with Gasteiger partial charge in [-0.05, 0) is 50.7 Å². The van der Waals surface area contributed by atoms with Gasteiger partial charge >= 0.3 is 5.97 Å². The summed E-state index contributed by atoms with van der Waals surface area (Å²) >= 11 is 0. The van der Waals surface area contributed by atoms with Crippen molar-refractivity contribution in [3.63, 3.8) is 0 Å². The van der Waals surface area contributed by atoms with E-state index in [1.54, 1.807) is 23.3 Å². The molecule has 1 aromatic rings. The summed E-state index contributed by atoms with van der Waals surface area (Å²) < 4.78 is 5.20. The van der Waals surface area contributed by atoms with E-state index in [2.05, 4.69) is 5.32 Å². The Hall–Kier alpha value is -2.31. The van der Waals surface area contributed by atoms with Gasteiger partial charge in [0.05, 0.1) is 18.7 Å². The van der Waals surface area contributed by atoms with Crippen LogP contribution >= 0.6 is 0 Å². The smallest absolute Gasteiger partial charge is 0.306 e. The third-order valence-electron chi connectivity index (χ3n) is 5.28. The number of furan rings is 1. The van der Waals surface area contributed by atoms with Crippen LogP contribution in [0.3, 0.4) is 0 Å². The molecule has 2 fully saturated rings. The minimum Gasteiger partial charge on any atom is -0.481 e. The number of rotatable bonds is 5. The summed E-state index contributed by atoms with van der Waals surface area (Å²) in [6.07, 6.45) is 5.29. The van der Waals surface area contributed by atoms with E-state index in [1.165, 1.54) is 0 Å². The highest BCUT2D eigenvalue weighted by atomic mass is 16.4. The fraction of sp³-hybridized carbons (Fsp3) is 0.611. The Bertz CT molecular complexity index is 619. The van der Waals surface area contributed by atoms with Crippen LogP contribution in [-0.2, 0) is 20.9 Å². The van der Waals surface area contributed by atoms with Gasteiger partial charge in [0, 0.05) is 12.5 Å². The number of carbonyl (C=O) groups is 3. The molecule has 7 heteroatoms. The molecule has 3 rings (SSSR count). The van der Waals surface area contributed by atoms with Crippen molar-refractivity contribution in [2.75, 3.05) is 6.54 Å². The van der Waals surface area contributed by atoms with Crippen molar-refractivity contribution in [2.24, 2.45) is 11.8 Å². The minimum atomic E-state index is -0.776. The molecule has 0 radical (unpaired) electrons. The van der Waals surface area contributed by atoms with Crippen molar-refractivity contribution in [3.8, 4) is 0 Å². The lowest BCUT2D eigenvalue weighted by molar-refractivity contribution is -0.146. The average Bonchev–Trinajstić information content (AvgIpc) is 3.30. The molecule has 0 spiro atoms. The molecule has 0 aromatic carbocycles. The summed E-state index contributed by atoms with van der Waals surface area (Å²) in [5.74, 6) is -0.747. The first kappa shape index (κ1) is 17.5. The molecule has 1 aromatic heterocycles. The van der Waals surface area contributed by atoms with Gasteiger partial charge in [-0.1, -0.05) is 0 Å². The van der Waals surface area contributed by atoms with Crippen LogP contribution in [-0.4, -0.2) is 40.4 Å². The predicted octanol–water partition coefficient (Wildman–Crippen LogP) is 1.78. The quantitative estimate of drug-likeness (QED) is 0.845. The van der Waals surface area contributed by atoms with Gasteiger partial charge in [0.1, 0.15) is 11.8 Å². The summed E-state index contributed by atoms with van der Waals surface area (Å²) in [5.41, 5.74) is 0. The first-order valence-electron chi connectivity index (χ1n) is 8.89. The van der Waals surface area contributed by atoms with Crippen LogP contribution in [0.5, 0.6) is 0 Å². The fourth-order valence-corrected chi connectivity index (χ4v) is 3.83. The van der Waals surface area contributed by atoms with Crippen LogP contribution in [0.15, 0.2) is 22.8 Å². The molecular weight excluding hydrogens is 324 g/mol. The average molecular weight is 348 g/mol. The van der Waals surface area contributed by atoms with Crippen LogP contribution in [0.4, 0.5) is 0 Å². The Morgan fingerprint density at radius 2 is 1.88 bits per heavy atom. The second kappa shape index (κ2) is 7.72. The van der Waals surface area contributed by atoms with Crippen molar-refractivity contribution >= 4 is 17.8 Å². The topological polar surface area (TPSA) is 99.9 Å². The van der Waals surface area contributed by atoms with E-state index in [0.717, 1.165) is 6.42 Å². The van der Waals surface area contributed by atoms with Crippen molar-refractivity contribution < 1.29 is 23.9 Å². The molecule has 1 aliphatic heterocycles. The van der Waals surface area contributed by atoms with Gasteiger partial charge in [0.25, 0.3) is 0 Å². The van der Waals surface area contributed by atoms with Crippen molar-refractivity contribution in [1.29, 1.82) is 0 Å². The molecule has 2 aliphatic rings. The highest BCUT2D eigenvalue weighted by Crippen LogP contribution is 2.32. The molecule has 2 N–H and O–H groups in total. The summed E-state index contributed by atoms with van der Waals surface area (Å²) in [7, 11) is 0. The van der Waals surface area contributed by atoms with E-state index in [4.69, 9.17) is 9.52 Å². The number of nitrogens with one attached hydrogen (secondary N) is 1. The van der Waals surface area contributed by atoms with E-state index in [0.29, 0.717) is 51.0 Å². The second-order valence-electron chi connectivity index (χ2n) is 6.87. The zero-order valence-corrected chi connectivity index (χ0v) is 14.1. The number of hydrogen-bond donors (Lipinski definition) is 2. The highest BCUT2D eigenvalue weighted by Gasteiger charge is 2.38. The monoisotopic (exact) mass is 348 g/mol. The summed E-state index contributed by atoms with van der Waals surface area (Å²) in [6, 6.07) is 3.12. The number of amides is 2. The first-order chi connectivity index (χ1) is 12.1. The highest BCUT2D eigenvalue weighted by molar-refractivity contribution is 5.89. The molecule has 1 unspecified atom stereocenters. The first-order valence-corrected chi connectivity index (χ1v) is 8.89. The Balaban J connectivity index is 1.54. The molecule has 25 heavy (non-hydrogen) atoms. The molecule has 7 nitrogen and oxygen atoms in total. The molecule has 2 heterocycles. The third kappa shape index (κ3) is 4.03. The maximum absolute atomic E-state index is 12.8. The fourth-order valence-electron chi connectivity index (χ4n) is 3.83. The van der Waals surface area contributed by atoms with E-state index in [9.17, 15) is 14.4 Å². The lowest BCUT2D eigenvalue weighted by Gasteiger charge is -2.31. The zero-order chi connectivity index (χ0) is 17.8. The van der Waals surface area contributed by atoms with Gasteiger partial charge in [-0.15, -0.1) is 0 Å². The van der Waals surface area contributed by atoms with Crippen molar-refractivity contribution in [2.45, 2.75) is 51.1 Å². The second-order valence-corrected chi connectivity index (χ2v) is 6.87. The summed E-state index contributed by atoms with van der Waals surface area (Å²) in [5, 5.41) is 11.9. The maximum Gasteiger partial charge on any atom is 0.306 e. The SMILES string of the molecule is O=C(O)C1CCC(C(=O)N2CCCC2C(=O)NCc2ccco2)CC1. The molecule has 2 amide bonds. The Morgan fingerprint density at radius 3 is 2.52 bits per heavy atom. The molecule has 1 atom stereocenters. The van der Waals surface area contributed by atoms with Gasteiger partial charge in [0.15, 0.2) is 0 Å². The molecular formula is C18H24N2O5. The summed E-state index contributed by atoms with van der Waals surface area (Å²) in [6.45, 7) is 0.907. The van der Waals surface area contributed by atoms with Crippen LogP contribution in [0.1, 0.15) is 44.3 Å². The number of likely N-dealkylation sites (tertiary alicyclic amines) is 1. The van der Waals surface area contributed by atoms with Crippen molar-refractivity contribution in [1.82, 2.24) is 10.2 Å². The minimum absolute atomic E-state index is 0.000475. The Morgan fingerprint density at radius 1 is 1.16 bits per heavy atom. The largest absolute Gasteiger partial charge is 0.481 e. The molecule has 0 bridgehead atoms. The van der Waals surface area contributed by atoms with Crippen LogP contribution in [0.25, 0.3) is 0 Å². The number of aliphatic carboxylic acids is 1. The molecule has 1 saturated carbocycles. The number of carboxylic acids is 1. The van der Waals surface area contributed by atoms with E-state index in [-0.39, 0.29) is 23.7 Å². The number of hydrogen-bond acceptors (Lipinski definition) is 4. The number of nitrogens with zero attached hydrogens (tertiary/aromatic N) is 1. The third-order valence-corrected chi connectivity index (χ3v) is 5.28. The van der Waals surface area contributed by atoms with E-state index >= 15 is 0 Å². The number of carbonyl (C=O) groups excluding carboxylic acids is 2. The van der Waals surface area contributed by atoms with Gasteiger partial charge < -0.3 is 19.7 Å². The van der Waals surface area contributed by atoms with Gasteiger partial charge in [-0.25, -0.2) is 0 Å². The lowest BCUT2D eigenvalue weighted by Crippen LogP contribution is -2.48. The van der Waals surface area contributed by atoms with Crippen LogP contribution < -0.4 is 5.32 Å².